The van der Waals surface area contributed by atoms with Crippen LogP contribution in [-0.4, -0.2) is 35.9 Å². The molecule has 0 radical (unpaired) electrons. The molecule has 2 rings (SSSR count). The van der Waals surface area contributed by atoms with E-state index in [-0.39, 0.29) is 18.4 Å². The Morgan fingerprint density at radius 1 is 1.52 bits per heavy atom. The summed E-state index contributed by atoms with van der Waals surface area (Å²) in [7, 11) is 0. The first-order valence-electron chi connectivity index (χ1n) is 7.67. The summed E-state index contributed by atoms with van der Waals surface area (Å²) in [6.07, 6.45) is -2.08. The quantitative estimate of drug-likeness (QED) is 0.602. The number of alkyl halides is 2. The molecule has 1 fully saturated rings. The Morgan fingerprint density at radius 2 is 2.20 bits per heavy atom. The van der Waals surface area contributed by atoms with Crippen molar-refractivity contribution in [3.05, 3.63) is 53.4 Å². The number of amides is 1. The number of nitrogens with one attached hydrogen (secondary N) is 1. The summed E-state index contributed by atoms with van der Waals surface area (Å²) >= 11 is 0. The molecule has 0 aliphatic carbocycles. The summed E-state index contributed by atoms with van der Waals surface area (Å²) < 4.78 is 44.1. The van der Waals surface area contributed by atoms with Crippen molar-refractivity contribution in [2.75, 3.05) is 13.1 Å². The molecule has 0 unspecified atom stereocenters. The van der Waals surface area contributed by atoms with Crippen LogP contribution in [0.3, 0.4) is 0 Å². The standard InChI is InChI=1S/C18H19F3N2O2/c1-10(13-4-5-16(19)15(7-13)17(20)21)6-14(12(3)22)9-23-8-11(2)25-18(23)24/h4-7,11,17,22H,1,8-9H2,2-3H3/b14-6-,22-12?/t11-/m1/s1. The Kier molecular flexibility index (Phi) is 5.66. The Bertz CT molecular complexity index is 744. The molecule has 25 heavy (non-hydrogen) atoms. The Hall–Kier alpha value is -2.57. The molecule has 1 atom stereocenters. The van der Waals surface area contributed by atoms with Gasteiger partial charge in [0.1, 0.15) is 11.9 Å². The van der Waals surface area contributed by atoms with Crippen LogP contribution >= 0.6 is 0 Å². The van der Waals surface area contributed by atoms with Crippen molar-refractivity contribution >= 4 is 17.4 Å². The second-order valence-electron chi connectivity index (χ2n) is 5.93. The third-order valence-corrected chi connectivity index (χ3v) is 3.83. The molecule has 0 aromatic heterocycles. The number of carbonyl (C=O) groups excluding carboxylic acids is 1. The van der Waals surface area contributed by atoms with Crippen LogP contribution in [0.25, 0.3) is 5.57 Å². The van der Waals surface area contributed by atoms with Gasteiger partial charge in [0.25, 0.3) is 6.43 Å². The predicted molar refractivity (Wildman–Crippen MR) is 89.4 cm³/mol. The van der Waals surface area contributed by atoms with Crippen LogP contribution in [0.5, 0.6) is 0 Å². The predicted octanol–water partition coefficient (Wildman–Crippen LogP) is 4.58. The van der Waals surface area contributed by atoms with Crippen LogP contribution < -0.4 is 0 Å². The number of halogens is 3. The van der Waals surface area contributed by atoms with Crippen LogP contribution in [-0.2, 0) is 4.74 Å². The van der Waals surface area contributed by atoms with Crippen molar-refractivity contribution in [3.63, 3.8) is 0 Å². The van der Waals surface area contributed by atoms with Gasteiger partial charge >= 0.3 is 6.09 Å². The van der Waals surface area contributed by atoms with E-state index in [0.29, 0.717) is 23.3 Å². The van der Waals surface area contributed by atoms with E-state index in [1.54, 1.807) is 19.9 Å². The zero-order valence-corrected chi connectivity index (χ0v) is 14.0. The Balaban J connectivity index is 2.25. The fraction of sp³-hybridized carbons (Fsp3) is 0.333. The van der Waals surface area contributed by atoms with E-state index in [0.717, 1.165) is 12.1 Å². The topological polar surface area (TPSA) is 53.4 Å². The number of rotatable bonds is 6. The molecule has 1 amide bonds. The molecule has 0 spiro atoms. The second-order valence-corrected chi connectivity index (χ2v) is 5.93. The summed E-state index contributed by atoms with van der Waals surface area (Å²) in [4.78, 5) is 13.2. The van der Waals surface area contributed by atoms with Gasteiger partial charge < -0.3 is 15.0 Å². The molecule has 1 aliphatic heterocycles. The molecule has 1 saturated heterocycles. The Labute approximate surface area is 144 Å². The van der Waals surface area contributed by atoms with Crippen molar-refractivity contribution < 1.29 is 22.7 Å². The fourth-order valence-electron chi connectivity index (χ4n) is 2.48. The van der Waals surface area contributed by atoms with Crippen LogP contribution in [0.1, 0.15) is 31.4 Å². The molecule has 1 aliphatic rings. The maximum Gasteiger partial charge on any atom is 0.410 e. The number of benzene rings is 1. The molecular weight excluding hydrogens is 333 g/mol. The van der Waals surface area contributed by atoms with Crippen LogP contribution in [0.2, 0.25) is 0 Å². The second kappa shape index (κ2) is 7.55. The minimum absolute atomic E-state index is 0.153. The van der Waals surface area contributed by atoms with Crippen LogP contribution in [0.4, 0.5) is 18.0 Å². The van der Waals surface area contributed by atoms with E-state index in [9.17, 15) is 18.0 Å². The highest BCUT2D eigenvalue weighted by atomic mass is 19.3. The Morgan fingerprint density at radius 3 is 2.72 bits per heavy atom. The van der Waals surface area contributed by atoms with Gasteiger partial charge in [0.15, 0.2) is 0 Å². The van der Waals surface area contributed by atoms with Crippen molar-refractivity contribution in [1.82, 2.24) is 4.90 Å². The summed E-state index contributed by atoms with van der Waals surface area (Å²) in [6, 6.07) is 3.36. The number of hydrogen-bond acceptors (Lipinski definition) is 3. The monoisotopic (exact) mass is 352 g/mol. The molecule has 1 aromatic rings. The van der Waals surface area contributed by atoms with E-state index in [1.807, 2.05) is 0 Å². The summed E-state index contributed by atoms with van der Waals surface area (Å²) in [6.45, 7) is 7.69. The van der Waals surface area contributed by atoms with Gasteiger partial charge in [-0.15, -0.1) is 0 Å². The fourth-order valence-corrected chi connectivity index (χ4v) is 2.48. The molecule has 1 aromatic carbocycles. The molecule has 1 N–H and O–H groups in total. The van der Waals surface area contributed by atoms with Gasteiger partial charge in [0.05, 0.1) is 18.7 Å². The zero-order chi connectivity index (χ0) is 18.7. The molecule has 4 nitrogen and oxygen atoms in total. The van der Waals surface area contributed by atoms with E-state index < -0.39 is 23.9 Å². The molecule has 0 saturated carbocycles. The number of nitrogens with zero attached hydrogens (tertiary/aromatic N) is 1. The minimum atomic E-state index is -2.93. The molecule has 1 heterocycles. The summed E-state index contributed by atoms with van der Waals surface area (Å²) in [5, 5.41) is 7.86. The molecular formula is C18H19F3N2O2. The third kappa shape index (κ3) is 4.49. The van der Waals surface area contributed by atoms with Gasteiger partial charge in [-0.3, -0.25) is 0 Å². The van der Waals surface area contributed by atoms with Gasteiger partial charge in [0, 0.05) is 5.71 Å². The molecule has 0 bridgehead atoms. The van der Waals surface area contributed by atoms with Crippen molar-refractivity contribution in [2.45, 2.75) is 26.4 Å². The van der Waals surface area contributed by atoms with Crippen LogP contribution in [0.15, 0.2) is 36.4 Å². The SMILES string of the molecule is C=C(/C=C(/CN1C[C@@H](C)OC1=O)C(C)=N)c1ccc(F)c(C(F)F)c1. The van der Waals surface area contributed by atoms with Gasteiger partial charge in [-0.05, 0) is 48.8 Å². The highest BCUT2D eigenvalue weighted by Crippen LogP contribution is 2.26. The maximum absolute atomic E-state index is 13.4. The lowest BCUT2D eigenvalue weighted by molar-refractivity contribution is 0.139. The van der Waals surface area contributed by atoms with Gasteiger partial charge in [-0.1, -0.05) is 12.6 Å². The lowest BCUT2D eigenvalue weighted by atomic mass is 10.00. The van der Waals surface area contributed by atoms with E-state index in [4.69, 9.17) is 10.1 Å². The summed E-state index contributed by atoms with van der Waals surface area (Å²) in [5.74, 6) is -0.979. The van der Waals surface area contributed by atoms with Crippen molar-refractivity contribution in [2.24, 2.45) is 0 Å². The molecule has 7 heteroatoms. The maximum atomic E-state index is 13.4. The first-order valence-corrected chi connectivity index (χ1v) is 7.67. The first-order chi connectivity index (χ1) is 11.7. The highest BCUT2D eigenvalue weighted by Gasteiger charge is 2.28. The van der Waals surface area contributed by atoms with E-state index in [1.165, 1.54) is 11.0 Å². The van der Waals surface area contributed by atoms with E-state index >= 15 is 0 Å². The van der Waals surface area contributed by atoms with Gasteiger partial charge in [-0.25, -0.2) is 18.0 Å². The third-order valence-electron chi connectivity index (χ3n) is 3.83. The minimum Gasteiger partial charge on any atom is -0.444 e. The van der Waals surface area contributed by atoms with E-state index in [2.05, 4.69) is 6.58 Å². The average Bonchev–Trinajstić information content (AvgIpc) is 2.84. The first kappa shape index (κ1) is 18.8. The number of cyclic esters (lactones) is 1. The number of allylic oxidation sites excluding steroid dienone is 2. The highest BCUT2D eigenvalue weighted by molar-refractivity contribution is 5.99. The largest absolute Gasteiger partial charge is 0.444 e. The van der Waals surface area contributed by atoms with Crippen molar-refractivity contribution in [1.29, 1.82) is 5.41 Å². The lowest BCUT2D eigenvalue weighted by Crippen LogP contribution is -2.28. The van der Waals surface area contributed by atoms with Gasteiger partial charge in [-0.2, -0.15) is 0 Å². The number of hydrogen-bond donors (Lipinski definition) is 1. The summed E-state index contributed by atoms with van der Waals surface area (Å²) in [5.41, 5.74) is 0.692. The van der Waals surface area contributed by atoms with Gasteiger partial charge in [0.2, 0.25) is 0 Å². The average molecular weight is 352 g/mol. The zero-order valence-electron chi connectivity index (χ0n) is 14.0. The normalized spacial score (nSPS) is 17.8. The number of carbonyl (C=O) groups is 1. The molecule has 134 valence electrons. The number of ether oxygens (including phenoxy) is 1. The van der Waals surface area contributed by atoms with Crippen LogP contribution in [0, 0.1) is 11.2 Å². The smallest absolute Gasteiger partial charge is 0.410 e. The lowest BCUT2D eigenvalue weighted by Gasteiger charge is -2.16. The van der Waals surface area contributed by atoms with Crippen molar-refractivity contribution in [3.8, 4) is 0 Å².